The average molecular weight is 371 g/mol. The van der Waals surface area contributed by atoms with Crippen LogP contribution in [0.2, 0.25) is 16.6 Å². The first-order valence-corrected chi connectivity index (χ1v) is 11.8. The minimum atomic E-state index is -2.39. The highest BCUT2D eigenvalue weighted by atomic mass is 28.4. The number of hydrogen-bond donors (Lipinski definition) is 0. The van der Waals surface area contributed by atoms with Crippen LogP contribution in [0.15, 0.2) is 12.2 Å². The van der Waals surface area contributed by atoms with Crippen LogP contribution in [0.4, 0.5) is 0 Å². The first kappa shape index (κ1) is 23.9. The summed E-state index contributed by atoms with van der Waals surface area (Å²) in [6.45, 7) is 20.1. The fourth-order valence-corrected chi connectivity index (χ4v) is 9.40. The Labute approximate surface area is 155 Å². The maximum Gasteiger partial charge on any atom is 0.334 e. The van der Waals surface area contributed by atoms with Crippen molar-refractivity contribution in [3.63, 3.8) is 0 Å². The molecule has 4 atom stereocenters. The molecule has 4 unspecified atom stereocenters. The molecule has 0 spiro atoms. The molecule has 0 N–H and O–H groups in total. The van der Waals surface area contributed by atoms with Crippen LogP contribution in [-0.4, -0.2) is 26.4 Å². The molecule has 25 heavy (non-hydrogen) atoms. The van der Waals surface area contributed by atoms with Crippen LogP contribution >= 0.6 is 0 Å². The minimum Gasteiger partial charge on any atom is -0.516 e. The maximum absolute atomic E-state index is 12.9. The molecule has 0 heterocycles. The Kier molecular flexibility index (Phi) is 10.3. The van der Waals surface area contributed by atoms with Crippen molar-refractivity contribution < 1.29 is 18.8 Å². The van der Waals surface area contributed by atoms with Gasteiger partial charge in [0.15, 0.2) is 6.10 Å². The molecule has 0 aliphatic rings. The normalized spacial score (nSPS) is 18.4. The molecule has 0 aromatic carbocycles. The Morgan fingerprint density at radius 2 is 1.28 bits per heavy atom. The van der Waals surface area contributed by atoms with Gasteiger partial charge in [0.05, 0.1) is 0 Å². The molecule has 0 amide bonds. The zero-order valence-electron chi connectivity index (χ0n) is 17.5. The van der Waals surface area contributed by atoms with E-state index in [2.05, 4.69) is 48.1 Å². The largest absolute Gasteiger partial charge is 0.516 e. The molecule has 146 valence electrons. The van der Waals surface area contributed by atoms with Crippen molar-refractivity contribution in [2.75, 3.05) is 0 Å². The molecular weight excluding hydrogens is 332 g/mol. The van der Waals surface area contributed by atoms with E-state index < -0.39 is 20.4 Å². The number of carbonyl (C=O) groups is 2. The van der Waals surface area contributed by atoms with Crippen LogP contribution in [-0.2, 0) is 18.8 Å². The second-order valence-electron chi connectivity index (χ2n) is 7.29. The van der Waals surface area contributed by atoms with Gasteiger partial charge in [0.1, 0.15) is 0 Å². The SMILES string of the molecule is C=C(C)C(=O)OC(CC)C(=O)O[Si](C(C)CC)(C(C)CC)C(C)CC. The molecule has 0 aromatic heterocycles. The third kappa shape index (κ3) is 5.70. The third-order valence-electron chi connectivity index (χ3n) is 5.66. The van der Waals surface area contributed by atoms with Gasteiger partial charge in [-0.3, -0.25) is 0 Å². The molecule has 0 radical (unpaired) electrons. The monoisotopic (exact) mass is 370 g/mol. The molecule has 0 aromatic rings. The Morgan fingerprint density at radius 1 is 0.880 bits per heavy atom. The van der Waals surface area contributed by atoms with Gasteiger partial charge in [-0.2, -0.15) is 0 Å². The molecule has 0 saturated heterocycles. The second kappa shape index (κ2) is 10.8. The highest BCUT2D eigenvalue weighted by Gasteiger charge is 2.52. The summed E-state index contributed by atoms with van der Waals surface area (Å²) in [5.41, 5.74) is 1.36. The van der Waals surface area contributed by atoms with Crippen molar-refractivity contribution in [1.82, 2.24) is 0 Å². The van der Waals surface area contributed by atoms with Gasteiger partial charge in [0.25, 0.3) is 8.32 Å². The molecule has 0 saturated carbocycles. The predicted octanol–water partition coefficient (Wildman–Crippen LogP) is 5.77. The standard InChI is InChI=1S/C20H38O4Si/c1-10-15(7)25(16(8)11-2,17(9)12-3)24-20(22)18(13-4)23-19(21)14(5)6/h15-18H,5,10-13H2,1-4,6-9H3. The van der Waals surface area contributed by atoms with Crippen molar-refractivity contribution in [2.45, 2.75) is 104 Å². The first-order chi connectivity index (χ1) is 11.6. The Balaban J connectivity index is 5.70. The van der Waals surface area contributed by atoms with Crippen LogP contribution in [0.3, 0.4) is 0 Å². The minimum absolute atomic E-state index is 0.292. The van der Waals surface area contributed by atoms with Crippen molar-refractivity contribution in [3.8, 4) is 0 Å². The summed E-state index contributed by atoms with van der Waals surface area (Å²) in [6.07, 6.45) is 2.50. The van der Waals surface area contributed by atoms with E-state index in [9.17, 15) is 9.59 Å². The lowest BCUT2D eigenvalue weighted by Crippen LogP contribution is -2.53. The first-order valence-electron chi connectivity index (χ1n) is 9.71. The van der Waals surface area contributed by atoms with E-state index in [1.165, 1.54) is 0 Å². The molecule has 0 bridgehead atoms. The van der Waals surface area contributed by atoms with Crippen molar-refractivity contribution in [2.24, 2.45) is 0 Å². The molecule has 0 rings (SSSR count). The highest BCUT2D eigenvalue weighted by Crippen LogP contribution is 2.47. The maximum atomic E-state index is 12.9. The highest BCUT2D eigenvalue weighted by molar-refractivity contribution is 6.79. The van der Waals surface area contributed by atoms with Crippen molar-refractivity contribution >= 4 is 20.3 Å². The molecule has 0 aliphatic heterocycles. The van der Waals surface area contributed by atoms with Gasteiger partial charge >= 0.3 is 11.9 Å². The zero-order valence-corrected chi connectivity index (χ0v) is 18.5. The summed E-state index contributed by atoms with van der Waals surface area (Å²) < 4.78 is 11.6. The summed E-state index contributed by atoms with van der Waals surface area (Å²) in [7, 11) is -2.39. The summed E-state index contributed by atoms with van der Waals surface area (Å²) in [6, 6.07) is 0. The van der Waals surface area contributed by atoms with E-state index in [0.29, 0.717) is 28.6 Å². The number of rotatable bonds is 11. The fourth-order valence-electron chi connectivity index (χ4n) is 3.48. The van der Waals surface area contributed by atoms with E-state index in [0.717, 1.165) is 19.3 Å². The van der Waals surface area contributed by atoms with Gasteiger partial charge in [-0.15, -0.1) is 0 Å². The lowest BCUT2D eigenvalue weighted by molar-refractivity contribution is -0.160. The smallest absolute Gasteiger partial charge is 0.334 e. The summed E-state index contributed by atoms with van der Waals surface area (Å²) >= 11 is 0. The van der Waals surface area contributed by atoms with Crippen LogP contribution < -0.4 is 0 Å². The van der Waals surface area contributed by atoms with Gasteiger partial charge in [0.2, 0.25) is 0 Å². The lowest BCUT2D eigenvalue weighted by atomic mass is 10.3. The van der Waals surface area contributed by atoms with Crippen LogP contribution in [0, 0.1) is 0 Å². The van der Waals surface area contributed by atoms with Gasteiger partial charge in [-0.1, -0.05) is 74.3 Å². The quantitative estimate of drug-likeness (QED) is 0.263. The number of ether oxygens (including phenoxy) is 1. The van der Waals surface area contributed by atoms with E-state index in [1.54, 1.807) is 6.92 Å². The Bertz CT molecular complexity index is 434. The third-order valence-corrected chi connectivity index (χ3v) is 12.1. The number of esters is 1. The summed E-state index contributed by atoms with van der Waals surface area (Å²) in [5, 5.41) is 0. The van der Waals surface area contributed by atoms with Gasteiger partial charge in [-0.25, -0.2) is 9.59 Å². The predicted molar refractivity (Wildman–Crippen MR) is 106 cm³/mol. The number of hydrogen-bond acceptors (Lipinski definition) is 4. The van der Waals surface area contributed by atoms with Crippen LogP contribution in [0.25, 0.3) is 0 Å². The zero-order chi connectivity index (χ0) is 19.8. The van der Waals surface area contributed by atoms with E-state index >= 15 is 0 Å². The van der Waals surface area contributed by atoms with Crippen molar-refractivity contribution in [1.29, 1.82) is 0 Å². The molecular formula is C20H38O4Si. The van der Waals surface area contributed by atoms with Gasteiger partial charge in [-0.05, 0) is 30.0 Å². The van der Waals surface area contributed by atoms with E-state index in [4.69, 9.17) is 9.16 Å². The van der Waals surface area contributed by atoms with Crippen LogP contribution in [0.1, 0.15) is 81.1 Å². The Hall–Kier alpha value is -1.10. The number of carbonyl (C=O) groups excluding carboxylic acids is 2. The fraction of sp³-hybridized carbons (Fsp3) is 0.800. The van der Waals surface area contributed by atoms with Gasteiger partial charge in [0, 0.05) is 5.57 Å². The summed E-state index contributed by atoms with van der Waals surface area (Å²) in [4.78, 5) is 24.7. The second-order valence-corrected chi connectivity index (χ2v) is 12.2. The lowest BCUT2D eigenvalue weighted by Gasteiger charge is -2.44. The average Bonchev–Trinajstić information content (AvgIpc) is 2.61. The molecule has 0 fully saturated rings. The van der Waals surface area contributed by atoms with Crippen LogP contribution in [0.5, 0.6) is 0 Å². The molecule has 4 nitrogen and oxygen atoms in total. The molecule has 5 heteroatoms. The van der Waals surface area contributed by atoms with Gasteiger partial charge < -0.3 is 9.16 Å². The van der Waals surface area contributed by atoms with Crippen molar-refractivity contribution in [3.05, 3.63) is 12.2 Å². The topological polar surface area (TPSA) is 52.6 Å². The van der Waals surface area contributed by atoms with E-state index in [-0.39, 0.29) is 5.97 Å². The molecule has 0 aliphatic carbocycles. The Morgan fingerprint density at radius 3 is 1.56 bits per heavy atom. The summed E-state index contributed by atoms with van der Waals surface area (Å²) in [5.74, 6) is -0.920. The van der Waals surface area contributed by atoms with E-state index in [1.807, 2.05) is 6.92 Å².